The minimum atomic E-state index is -0.436. The van der Waals surface area contributed by atoms with Gasteiger partial charge in [0.1, 0.15) is 23.9 Å². The van der Waals surface area contributed by atoms with Crippen LogP contribution < -0.4 is 25.4 Å². The van der Waals surface area contributed by atoms with E-state index in [1.165, 1.54) is 18.1 Å². The van der Waals surface area contributed by atoms with Crippen LogP contribution in [-0.2, 0) is 11.3 Å². The number of methoxy groups -OCH3 is 2. The van der Waals surface area contributed by atoms with Crippen molar-refractivity contribution < 1.29 is 14.3 Å². The first-order valence-electron chi connectivity index (χ1n) is 10.8. The summed E-state index contributed by atoms with van der Waals surface area (Å²) in [5.41, 5.74) is 0.758. The maximum absolute atomic E-state index is 13.0. The lowest BCUT2D eigenvalue weighted by molar-refractivity contribution is -0.116. The summed E-state index contributed by atoms with van der Waals surface area (Å²) >= 11 is 0. The van der Waals surface area contributed by atoms with E-state index in [0.717, 1.165) is 24.9 Å². The van der Waals surface area contributed by atoms with Crippen LogP contribution in [-0.4, -0.2) is 42.8 Å². The van der Waals surface area contributed by atoms with E-state index in [2.05, 4.69) is 22.1 Å². The summed E-state index contributed by atoms with van der Waals surface area (Å²) in [6, 6.07) is 12.7. The van der Waals surface area contributed by atoms with Crippen LogP contribution >= 0.6 is 0 Å². The van der Waals surface area contributed by atoms with Crippen LogP contribution in [0.15, 0.2) is 47.3 Å². The van der Waals surface area contributed by atoms with Crippen LogP contribution in [0.1, 0.15) is 19.8 Å². The van der Waals surface area contributed by atoms with Crippen molar-refractivity contribution in [2.75, 3.05) is 37.5 Å². The largest absolute Gasteiger partial charge is 0.497 e. The van der Waals surface area contributed by atoms with Gasteiger partial charge in [0, 0.05) is 24.5 Å². The number of anilines is 2. The predicted octanol–water partition coefficient (Wildman–Crippen LogP) is 3.29. The zero-order chi connectivity index (χ0) is 22.7. The van der Waals surface area contributed by atoms with Crippen molar-refractivity contribution in [3.05, 3.63) is 52.9 Å². The van der Waals surface area contributed by atoms with Crippen LogP contribution in [0.2, 0.25) is 0 Å². The van der Waals surface area contributed by atoms with Gasteiger partial charge in [0.2, 0.25) is 5.91 Å². The molecule has 3 aromatic rings. The number of benzene rings is 2. The Hall–Kier alpha value is -3.55. The van der Waals surface area contributed by atoms with E-state index in [9.17, 15) is 9.59 Å². The molecule has 32 heavy (non-hydrogen) atoms. The number of hydrogen-bond acceptors (Lipinski definition) is 6. The van der Waals surface area contributed by atoms with Crippen LogP contribution in [0.5, 0.6) is 11.5 Å². The average molecular weight is 437 g/mol. The number of ether oxygens (including phenoxy) is 2. The molecule has 1 aliphatic heterocycles. The van der Waals surface area contributed by atoms with Gasteiger partial charge in [0.25, 0.3) is 0 Å². The molecule has 1 aliphatic rings. The van der Waals surface area contributed by atoms with E-state index < -0.39 is 5.69 Å². The second kappa shape index (κ2) is 9.30. The highest BCUT2D eigenvalue weighted by Crippen LogP contribution is 2.30. The van der Waals surface area contributed by atoms with Gasteiger partial charge in [-0.05, 0) is 43.0 Å². The molecule has 2 aromatic carbocycles. The van der Waals surface area contributed by atoms with E-state index in [-0.39, 0.29) is 12.5 Å². The molecule has 0 unspecified atom stereocenters. The molecule has 1 N–H and O–H groups in total. The molecular formula is C24H28N4O4. The number of amides is 1. The van der Waals surface area contributed by atoms with Crippen molar-refractivity contribution in [1.82, 2.24) is 9.55 Å². The smallest absolute Gasteiger partial charge is 0.350 e. The summed E-state index contributed by atoms with van der Waals surface area (Å²) in [5, 5.41) is 3.69. The van der Waals surface area contributed by atoms with Crippen molar-refractivity contribution in [3.63, 3.8) is 0 Å². The number of carbonyl (C=O) groups excluding carboxylic acids is 1. The summed E-state index contributed by atoms with van der Waals surface area (Å²) in [6.45, 7) is 3.81. The second-order valence-electron chi connectivity index (χ2n) is 8.13. The zero-order valence-corrected chi connectivity index (χ0v) is 18.6. The molecule has 8 heteroatoms. The molecular weight excluding hydrogens is 408 g/mol. The van der Waals surface area contributed by atoms with Crippen molar-refractivity contribution in [2.45, 2.75) is 26.3 Å². The first kappa shape index (κ1) is 21.7. The fourth-order valence-corrected chi connectivity index (χ4v) is 4.22. The molecule has 1 aromatic heterocycles. The molecule has 0 saturated carbocycles. The fourth-order valence-electron chi connectivity index (χ4n) is 4.22. The van der Waals surface area contributed by atoms with E-state index >= 15 is 0 Å². The monoisotopic (exact) mass is 436 g/mol. The Morgan fingerprint density at radius 3 is 2.75 bits per heavy atom. The van der Waals surface area contributed by atoms with Gasteiger partial charge in [-0.15, -0.1) is 0 Å². The van der Waals surface area contributed by atoms with Crippen molar-refractivity contribution in [1.29, 1.82) is 0 Å². The molecule has 1 saturated heterocycles. The van der Waals surface area contributed by atoms with Crippen LogP contribution in [0.25, 0.3) is 10.9 Å². The number of nitrogens with zero attached hydrogens (tertiary/aromatic N) is 3. The molecule has 8 nitrogen and oxygen atoms in total. The van der Waals surface area contributed by atoms with Crippen LogP contribution in [0.3, 0.4) is 0 Å². The van der Waals surface area contributed by atoms with Crippen LogP contribution in [0, 0.1) is 5.92 Å². The van der Waals surface area contributed by atoms with Gasteiger partial charge in [-0.1, -0.05) is 19.1 Å². The number of rotatable bonds is 6. The van der Waals surface area contributed by atoms with Crippen molar-refractivity contribution >= 4 is 28.3 Å². The van der Waals surface area contributed by atoms with Gasteiger partial charge in [0.05, 0.1) is 25.4 Å². The average Bonchev–Trinajstić information content (AvgIpc) is 2.81. The lowest BCUT2D eigenvalue weighted by Gasteiger charge is -2.32. The number of piperidine rings is 1. The van der Waals surface area contributed by atoms with E-state index in [0.29, 0.717) is 34.4 Å². The standard InChI is InChI=1S/C24H28N4O4/c1-16-7-6-12-27(14-16)23-18-8-4-5-9-20(18)28(24(30)26-23)15-22(29)25-19-11-10-17(31-2)13-21(19)32-3/h4-5,8-11,13,16H,6-7,12,14-15H2,1-3H3,(H,25,29)/t16-/m0/s1. The first-order chi connectivity index (χ1) is 15.5. The Morgan fingerprint density at radius 1 is 1.19 bits per heavy atom. The summed E-state index contributed by atoms with van der Waals surface area (Å²) in [5.74, 6) is 2.00. The normalized spacial score (nSPS) is 16.1. The summed E-state index contributed by atoms with van der Waals surface area (Å²) in [7, 11) is 3.08. The molecule has 4 rings (SSSR count). The maximum atomic E-state index is 13.0. The Morgan fingerprint density at radius 2 is 2.00 bits per heavy atom. The zero-order valence-electron chi connectivity index (χ0n) is 18.6. The predicted molar refractivity (Wildman–Crippen MR) is 125 cm³/mol. The topological polar surface area (TPSA) is 85.7 Å². The number of aromatic nitrogens is 2. The number of carbonyl (C=O) groups is 1. The van der Waals surface area contributed by atoms with Gasteiger partial charge >= 0.3 is 5.69 Å². The highest BCUT2D eigenvalue weighted by molar-refractivity contribution is 5.94. The lowest BCUT2D eigenvalue weighted by atomic mass is 10.00. The molecule has 0 spiro atoms. The Bertz CT molecular complexity index is 1190. The highest BCUT2D eigenvalue weighted by atomic mass is 16.5. The van der Waals surface area contributed by atoms with Gasteiger partial charge in [-0.3, -0.25) is 9.36 Å². The van der Waals surface area contributed by atoms with E-state index in [1.807, 2.05) is 24.3 Å². The third kappa shape index (κ3) is 4.39. The molecule has 0 bridgehead atoms. The maximum Gasteiger partial charge on any atom is 0.350 e. The SMILES string of the molecule is COc1ccc(NC(=O)Cn2c(=O)nc(N3CCC[C@H](C)C3)c3ccccc32)c(OC)c1. The molecule has 1 amide bonds. The lowest BCUT2D eigenvalue weighted by Crippen LogP contribution is -2.38. The number of para-hydroxylation sites is 1. The van der Waals surface area contributed by atoms with Crippen molar-refractivity contribution in [2.24, 2.45) is 5.92 Å². The van der Waals surface area contributed by atoms with E-state index in [4.69, 9.17) is 9.47 Å². The fraction of sp³-hybridized carbons (Fsp3) is 0.375. The van der Waals surface area contributed by atoms with Crippen molar-refractivity contribution in [3.8, 4) is 11.5 Å². The molecule has 0 radical (unpaired) electrons. The second-order valence-corrected chi connectivity index (χ2v) is 8.13. The van der Waals surface area contributed by atoms with Gasteiger partial charge in [0.15, 0.2) is 0 Å². The molecule has 1 fully saturated rings. The Kier molecular flexibility index (Phi) is 6.30. The number of hydrogen-bond donors (Lipinski definition) is 1. The summed E-state index contributed by atoms with van der Waals surface area (Å²) < 4.78 is 12.0. The van der Waals surface area contributed by atoms with Crippen LogP contribution in [0.4, 0.5) is 11.5 Å². The van der Waals surface area contributed by atoms with Gasteiger partial charge < -0.3 is 19.7 Å². The minimum absolute atomic E-state index is 0.155. The highest BCUT2D eigenvalue weighted by Gasteiger charge is 2.22. The first-order valence-corrected chi connectivity index (χ1v) is 10.8. The third-order valence-corrected chi connectivity index (χ3v) is 5.81. The molecule has 1 atom stereocenters. The van der Waals surface area contributed by atoms with Gasteiger partial charge in [-0.25, -0.2) is 4.79 Å². The Balaban J connectivity index is 1.64. The van der Waals surface area contributed by atoms with E-state index in [1.54, 1.807) is 25.3 Å². The molecule has 0 aliphatic carbocycles. The molecule has 2 heterocycles. The Labute approximate surface area is 186 Å². The van der Waals surface area contributed by atoms with Gasteiger partial charge in [-0.2, -0.15) is 4.98 Å². The minimum Gasteiger partial charge on any atom is -0.497 e. The third-order valence-electron chi connectivity index (χ3n) is 5.81. The summed E-state index contributed by atoms with van der Waals surface area (Å²) in [6.07, 6.45) is 2.26. The quantitative estimate of drug-likeness (QED) is 0.638. The summed E-state index contributed by atoms with van der Waals surface area (Å²) in [4.78, 5) is 32.4. The number of fused-ring (bicyclic) bond motifs is 1. The molecule has 168 valence electrons. The number of nitrogens with one attached hydrogen (secondary N) is 1.